The largest absolute Gasteiger partial charge is 0.370 e. The van der Waals surface area contributed by atoms with Crippen LogP contribution in [0.15, 0.2) is 6.07 Å². The van der Waals surface area contributed by atoms with Gasteiger partial charge in [0.1, 0.15) is 11.6 Å². The third kappa shape index (κ3) is 2.60. The summed E-state index contributed by atoms with van der Waals surface area (Å²) in [4.78, 5) is 10.9. The van der Waals surface area contributed by atoms with E-state index in [9.17, 15) is 0 Å². The molecular formula is C12H21N5. The predicted octanol–water partition coefficient (Wildman–Crippen LogP) is 1.87. The molecule has 0 bridgehead atoms. The Kier molecular flexibility index (Phi) is 3.66. The summed E-state index contributed by atoms with van der Waals surface area (Å²) in [5.41, 5.74) is 5.76. The average molecular weight is 235 g/mol. The zero-order valence-electron chi connectivity index (χ0n) is 10.6. The van der Waals surface area contributed by atoms with E-state index in [1.54, 1.807) is 0 Å². The Bertz CT molecular complexity index is 379. The quantitative estimate of drug-likeness (QED) is 0.834. The van der Waals surface area contributed by atoms with Crippen molar-refractivity contribution >= 4 is 17.6 Å². The van der Waals surface area contributed by atoms with Crippen LogP contribution >= 0.6 is 0 Å². The van der Waals surface area contributed by atoms with E-state index >= 15 is 0 Å². The topological polar surface area (TPSA) is 67.1 Å². The van der Waals surface area contributed by atoms with Gasteiger partial charge in [-0.1, -0.05) is 6.92 Å². The lowest BCUT2D eigenvalue weighted by Crippen LogP contribution is -2.29. The Hall–Kier alpha value is -1.52. The van der Waals surface area contributed by atoms with Crippen molar-refractivity contribution in [3.05, 3.63) is 6.07 Å². The second-order valence-electron chi connectivity index (χ2n) is 4.40. The molecule has 0 saturated carbocycles. The summed E-state index contributed by atoms with van der Waals surface area (Å²) in [6, 6.07) is 2.59. The van der Waals surface area contributed by atoms with Gasteiger partial charge in [0.05, 0.1) is 0 Å². The molecule has 3 N–H and O–H groups in total. The van der Waals surface area contributed by atoms with Gasteiger partial charge >= 0.3 is 0 Å². The van der Waals surface area contributed by atoms with E-state index in [0.717, 1.165) is 31.1 Å². The van der Waals surface area contributed by atoms with Crippen LogP contribution in [-0.4, -0.2) is 29.1 Å². The highest BCUT2D eigenvalue weighted by Gasteiger charge is 2.24. The molecule has 0 spiro atoms. The highest BCUT2D eigenvalue weighted by molar-refractivity contribution is 5.53. The van der Waals surface area contributed by atoms with Gasteiger partial charge < -0.3 is 16.0 Å². The van der Waals surface area contributed by atoms with Crippen LogP contribution < -0.4 is 16.0 Å². The minimum absolute atomic E-state index is 0.347. The van der Waals surface area contributed by atoms with E-state index in [1.807, 2.05) is 13.0 Å². The lowest BCUT2D eigenvalue weighted by atomic mass is 10.2. The summed E-state index contributed by atoms with van der Waals surface area (Å²) < 4.78 is 0. The highest BCUT2D eigenvalue weighted by atomic mass is 15.3. The standard InChI is InChI=1S/C12H21N5/c1-3-9-6-5-7-17(9)11-8-10(14-4-2)15-12(13)16-11/h8-9H,3-7H2,1-2H3,(H3,13,14,15,16). The molecule has 1 atom stereocenters. The molecule has 1 aromatic rings. The van der Waals surface area contributed by atoms with Gasteiger partial charge in [0, 0.05) is 25.2 Å². The van der Waals surface area contributed by atoms with Gasteiger partial charge in [-0.15, -0.1) is 0 Å². The van der Waals surface area contributed by atoms with Crippen molar-refractivity contribution in [1.29, 1.82) is 0 Å². The fourth-order valence-corrected chi connectivity index (χ4v) is 2.43. The molecule has 1 unspecified atom stereocenters. The number of hydrogen-bond donors (Lipinski definition) is 2. The van der Waals surface area contributed by atoms with Crippen LogP contribution in [0, 0.1) is 0 Å². The number of hydrogen-bond acceptors (Lipinski definition) is 5. The van der Waals surface area contributed by atoms with Crippen molar-refractivity contribution in [3.63, 3.8) is 0 Å². The number of nitrogen functional groups attached to an aromatic ring is 1. The van der Waals surface area contributed by atoms with Crippen LogP contribution in [0.4, 0.5) is 17.6 Å². The van der Waals surface area contributed by atoms with Gasteiger partial charge in [-0.3, -0.25) is 0 Å². The Morgan fingerprint density at radius 1 is 1.47 bits per heavy atom. The minimum atomic E-state index is 0.347. The zero-order chi connectivity index (χ0) is 12.3. The maximum Gasteiger partial charge on any atom is 0.223 e. The number of nitrogens with one attached hydrogen (secondary N) is 1. The molecule has 2 rings (SSSR count). The molecule has 5 nitrogen and oxygen atoms in total. The van der Waals surface area contributed by atoms with E-state index in [4.69, 9.17) is 5.73 Å². The van der Waals surface area contributed by atoms with Crippen LogP contribution in [0.1, 0.15) is 33.1 Å². The summed E-state index contributed by atoms with van der Waals surface area (Å²) in [6.45, 7) is 6.18. The molecule has 1 fully saturated rings. The summed E-state index contributed by atoms with van der Waals surface area (Å²) in [5, 5.41) is 3.19. The van der Waals surface area contributed by atoms with Crippen LogP contribution in [0.3, 0.4) is 0 Å². The molecule has 17 heavy (non-hydrogen) atoms. The first-order valence-electron chi connectivity index (χ1n) is 6.39. The fourth-order valence-electron chi connectivity index (χ4n) is 2.43. The van der Waals surface area contributed by atoms with Crippen molar-refractivity contribution < 1.29 is 0 Å². The van der Waals surface area contributed by atoms with Crippen LogP contribution in [0.2, 0.25) is 0 Å². The van der Waals surface area contributed by atoms with E-state index in [1.165, 1.54) is 12.8 Å². The lowest BCUT2D eigenvalue weighted by molar-refractivity contribution is 0.640. The van der Waals surface area contributed by atoms with Crippen molar-refractivity contribution in [1.82, 2.24) is 9.97 Å². The molecule has 1 aromatic heterocycles. The molecule has 94 valence electrons. The Morgan fingerprint density at radius 3 is 3.00 bits per heavy atom. The van der Waals surface area contributed by atoms with E-state index < -0.39 is 0 Å². The Morgan fingerprint density at radius 2 is 2.29 bits per heavy atom. The minimum Gasteiger partial charge on any atom is -0.370 e. The zero-order valence-corrected chi connectivity index (χ0v) is 10.6. The molecule has 1 saturated heterocycles. The van der Waals surface area contributed by atoms with Crippen LogP contribution in [0.5, 0.6) is 0 Å². The van der Waals surface area contributed by atoms with Crippen LogP contribution in [-0.2, 0) is 0 Å². The highest BCUT2D eigenvalue weighted by Crippen LogP contribution is 2.27. The first-order valence-corrected chi connectivity index (χ1v) is 6.39. The number of rotatable bonds is 4. The van der Waals surface area contributed by atoms with E-state index in [0.29, 0.717) is 12.0 Å². The van der Waals surface area contributed by atoms with Crippen molar-refractivity contribution in [2.24, 2.45) is 0 Å². The van der Waals surface area contributed by atoms with E-state index in [-0.39, 0.29) is 0 Å². The predicted molar refractivity (Wildman–Crippen MR) is 71.3 cm³/mol. The smallest absolute Gasteiger partial charge is 0.223 e. The molecule has 0 aromatic carbocycles. The number of anilines is 3. The van der Waals surface area contributed by atoms with Gasteiger partial charge in [0.25, 0.3) is 0 Å². The molecule has 0 amide bonds. The van der Waals surface area contributed by atoms with Crippen LogP contribution in [0.25, 0.3) is 0 Å². The van der Waals surface area contributed by atoms with Crippen molar-refractivity contribution in [2.75, 3.05) is 29.0 Å². The summed E-state index contributed by atoms with van der Waals surface area (Å²) in [6.07, 6.45) is 3.64. The van der Waals surface area contributed by atoms with E-state index in [2.05, 4.69) is 27.1 Å². The van der Waals surface area contributed by atoms with Gasteiger partial charge in [-0.2, -0.15) is 9.97 Å². The molecule has 2 heterocycles. The second kappa shape index (κ2) is 5.21. The summed E-state index contributed by atoms with van der Waals surface area (Å²) >= 11 is 0. The van der Waals surface area contributed by atoms with Gasteiger partial charge in [-0.05, 0) is 26.2 Å². The molecular weight excluding hydrogens is 214 g/mol. The van der Waals surface area contributed by atoms with Gasteiger partial charge in [0.2, 0.25) is 5.95 Å². The van der Waals surface area contributed by atoms with Crippen molar-refractivity contribution in [2.45, 2.75) is 39.2 Å². The molecule has 0 aliphatic carbocycles. The number of nitrogens with zero attached hydrogens (tertiary/aromatic N) is 3. The maximum absolute atomic E-state index is 5.76. The normalized spacial score (nSPS) is 19.6. The SMILES string of the molecule is CCNc1cc(N2CCCC2CC)nc(N)n1. The average Bonchev–Trinajstić information content (AvgIpc) is 2.76. The maximum atomic E-state index is 5.76. The van der Waals surface area contributed by atoms with Gasteiger partial charge in [0.15, 0.2) is 0 Å². The summed E-state index contributed by atoms with van der Waals surface area (Å²) in [7, 11) is 0. The molecule has 5 heteroatoms. The summed E-state index contributed by atoms with van der Waals surface area (Å²) in [5.74, 6) is 2.12. The fraction of sp³-hybridized carbons (Fsp3) is 0.667. The van der Waals surface area contributed by atoms with Gasteiger partial charge in [-0.25, -0.2) is 0 Å². The Balaban J connectivity index is 2.24. The number of nitrogens with two attached hydrogens (primary N) is 1. The third-order valence-electron chi connectivity index (χ3n) is 3.23. The molecule has 1 aliphatic heterocycles. The Labute approximate surface area is 102 Å². The first kappa shape index (κ1) is 12.0. The molecule has 0 radical (unpaired) electrons. The molecule has 1 aliphatic rings. The third-order valence-corrected chi connectivity index (χ3v) is 3.23. The number of aromatic nitrogens is 2. The monoisotopic (exact) mass is 235 g/mol. The first-order chi connectivity index (χ1) is 8.24. The van der Waals surface area contributed by atoms with Crippen molar-refractivity contribution in [3.8, 4) is 0 Å². The second-order valence-corrected chi connectivity index (χ2v) is 4.40. The lowest BCUT2D eigenvalue weighted by Gasteiger charge is -2.25.